The first-order valence-corrected chi connectivity index (χ1v) is 8.68. The molecule has 0 saturated heterocycles. The van der Waals surface area contributed by atoms with Gasteiger partial charge in [-0.05, 0) is 23.3 Å². The average molecular weight is 358 g/mol. The lowest BCUT2D eigenvalue weighted by Crippen LogP contribution is -2.10. The standard InChI is InChI=1S/C22H18N2O3/c25-22-18-13-17(12-11-15-7-3-1-4-8-15)20(24(26)27)14-19(18)23-21(22)16-9-5-2-6-10-16/h1-14,21-23,25H/b12-11+/t21-,22-/m1/s1. The number of anilines is 1. The van der Waals surface area contributed by atoms with Crippen LogP contribution < -0.4 is 5.32 Å². The van der Waals surface area contributed by atoms with Crippen molar-refractivity contribution in [2.75, 3.05) is 5.32 Å². The first kappa shape index (κ1) is 17.0. The number of hydrogen-bond donors (Lipinski definition) is 2. The highest BCUT2D eigenvalue weighted by Gasteiger charge is 2.33. The molecular weight excluding hydrogens is 340 g/mol. The van der Waals surface area contributed by atoms with Crippen molar-refractivity contribution in [3.8, 4) is 0 Å². The number of aliphatic hydroxyl groups excluding tert-OH is 1. The van der Waals surface area contributed by atoms with E-state index in [4.69, 9.17) is 0 Å². The van der Waals surface area contributed by atoms with E-state index in [1.54, 1.807) is 12.1 Å². The van der Waals surface area contributed by atoms with Crippen LogP contribution in [-0.4, -0.2) is 10.0 Å². The molecule has 5 heteroatoms. The van der Waals surface area contributed by atoms with Crippen LogP contribution in [0.25, 0.3) is 12.2 Å². The lowest BCUT2D eigenvalue weighted by molar-refractivity contribution is -0.385. The second-order valence-electron chi connectivity index (χ2n) is 6.48. The Balaban J connectivity index is 1.72. The summed E-state index contributed by atoms with van der Waals surface area (Å²) < 4.78 is 0. The summed E-state index contributed by atoms with van der Waals surface area (Å²) in [7, 11) is 0. The van der Waals surface area contributed by atoms with E-state index in [1.165, 1.54) is 6.07 Å². The number of nitro benzene ring substituents is 1. The van der Waals surface area contributed by atoms with Crippen LogP contribution in [0.3, 0.4) is 0 Å². The summed E-state index contributed by atoms with van der Waals surface area (Å²) >= 11 is 0. The van der Waals surface area contributed by atoms with Crippen LogP contribution in [0.15, 0.2) is 72.8 Å². The van der Waals surface area contributed by atoms with Crippen molar-refractivity contribution >= 4 is 23.5 Å². The molecule has 0 spiro atoms. The van der Waals surface area contributed by atoms with Crippen LogP contribution in [0.5, 0.6) is 0 Å². The van der Waals surface area contributed by atoms with Gasteiger partial charge in [0.15, 0.2) is 0 Å². The zero-order valence-corrected chi connectivity index (χ0v) is 14.4. The number of benzene rings is 3. The van der Waals surface area contributed by atoms with Gasteiger partial charge in [-0.15, -0.1) is 0 Å². The fourth-order valence-electron chi connectivity index (χ4n) is 3.39. The molecule has 1 aliphatic heterocycles. The monoisotopic (exact) mass is 358 g/mol. The van der Waals surface area contributed by atoms with Gasteiger partial charge in [-0.2, -0.15) is 0 Å². The number of nitro groups is 1. The zero-order valence-electron chi connectivity index (χ0n) is 14.4. The predicted octanol–water partition coefficient (Wildman–Crippen LogP) is 4.97. The van der Waals surface area contributed by atoms with Gasteiger partial charge in [0, 0.05) is 17.3 Å². The lowest BCUT2D eigenvalue weighted by atomic mass is 9.98. The second kappa shape index (κ2) is 7.05. The highest BCUT2D eigenvalue weighted by atomic mass is 16.6. The number of nitrogens with zero attached hydrogens (tertiary/aromatic N) is 1. The third-order valence-electron chi connectivity index (χ3n) is 4.75. The molecule has 0 fully saturated rings. The highest BCUT2D eigenvalue weighted by Crippen LogP contribution is 2.45. The summed E-state index contributed by atoms with van der Waals surface area (Å²) in [5.41, 5.74) is 3.63. The molecule has 0 aliphatic carbocycles. The van der Waals surface area contributed by atoms with E-state index in [-0.39, 0.29) is 11.7 Å². The predicted molar refractivity (Wildman–Crippen MR) is 106 cm³/mol. The average Bonchev–Trinajstić information content (AvgIpc) is 3.03. The van der Waals surface area contributed by atoms with Crippen LogP contribution >= 0.6 is 0 Å². The van der Waals surface area contributed by atoms with Crippen molar-refractivity contribution < 1.29 is 10.0 Å². The van der Waals surface area contributed by atoms with E-state index >= 15 is 0 Å². The maximum atomic E-state index is 11.5. The maximum Gasteiger partial charge on any atom is 0.278 e. The van der Waals surface area contributed by atoms with E-state index in [0.29, 0.717) is 16.8 Å². The van der Waals surface area contributed by atoms with E-state index in [2.05, 4.69) is 5.32 Å². The summed E-state index contributed by atoms with van der Waals surface area (Å²) in [5, 5.41) is 25.5. The SMILES string of the molecule is O=[N+]([O-])c1cc2c(cc1/C=C/c1ccccc1)[C@@H](O)[C@@H](c1ccccc1)N2. The molecule has 0 unspecified atom stereocenters. The smallest absolute Gasteiger partial charge is 0.278 e. The minimum absolute atomic E-state index is 0.00865. The van der Waals surface area contributed by atoms with Crippen molar-refractivity contribution in [1.82, 2.24) is 0 Å². The molecule has 0 bridgehead atoms. The first-order valence-electron chi connectivity index (χ1n) is 8.68. The van der Waals surface area contributed by atoms with Crippen molar-refractivity contribution in [3.05, 3.63) is 105 Å². The van der Waals surface area contributed by atoms with E-state index < -0.39 is 11.0 Å². The summed E-state index contributed by atoms with van der Waals surface area (Å²) in [6.45, 7) is 0. The Bertz CT molecular complexity index is 1000. The number of nitrogens with one attached hydrogen (secondary N) is 1. The third kappa shape index (κ3) is 3.32. The van der Waals surface area contributed by atoms with Crippen molar-refractivity contribution in [1.29, 1.82) is 0 Å². The molecule has 1 heterocycles. The largest absolute Gasteiger partial charge is 0.386 e. The Morgan fingerprint density at radius 2 is 1.63 bits per heavy atom. The van der Waals surface area contributed by atoms with E-state index in [1.807, 2.05) is 66.7 Å². The van der Waals surface area contributed by atoms with Gasteiger partial charge in [0.05, 0.1) is 16.5 Å². The molecule has 2 N–H and O–H groups in total. The summed E-state index contributed by atoms with van der Waals surface area (Å²) in [6.07, 6.45) is 2.78. The van der Waals surface area contributed by atoms with Gasteiger partial charge in [-0.3, -0.25) is 10.1 Å². The van der Waals surface area contributed by atoms with Gasteiger partial charge >= 0.3 is 0 Å². The molecular formula is C22H18N2O3. The van der Waals surface area contributed by atoms with Crippen molar-refractivity contribution in [3.63, 3.8) is 0 Å². The van der Waals surface area contributed by atoms with E-state index in [9.17, 15) is 15.2 Å². The van der Waals surface area contributed by atoms with Gasteiger partial charge in [-0.25, -0.2) is 0 Å². The molecule has 0 amide bonds. The maximum absolute atomic E-state index is 11.5. The Morgan fingerprint density at radius 3 is 2.30 bits per heavy atom. The van der Waals surface area contributed by atoms with Crippen LogP contribution in [0, 0.1) is 10.1 Å². The fourth-order valence-corrected chi connectivity index (χ4v) is 3.39. The molecule has 2 atom stereocenters. The highest BCUT2D eigenvalue weighted by molar-refractivity contribution is 5.78. The molecule has 1 aliphatic rings. The topological polar surface area (TPSA) is 75.4 Å². The van der Waals surface area contributed by atoms with Crippen LogP contribution in [0.1, 0.15) is 34.4 Å². The molecule has 27 heavy (non-hydrogen) atoms. The lowest BCUT2D eigenvalue weighted by Gasteiger charge is -2.15. The third-order valence-corrected chi connectivity index (χ3v) is 4.75. The van der Waals surface area contributed by atoms with Gasteiger partial charge in [0.25, 0.3) is 5.69 Å². The van der Waals surface area contributed by atoms with Crippen LogP contribution in [0.2, 0.25) is 0 Å². The minimum Gasteiger partial charge on any atom is -0.386 e. The molecule has 134 valence electrons. The molecule has 4 rings (SSSR count). The molecule has 0 radical (unpaired) electrons. The Labute approximate surface area is 156 Å². The molecule has 3 aromatic carbocycles. The molecule has 5 nitrogen and oxygen atoms in total. The number of rotatable bonds is 4. The number of hydrogen-bond acceptors (Lipinski definition) is 4. The van der Waals surface area contributed by atoms with Gasteiger partial charge in [-0.1, -0.05) is 66.7 Å². The number of fused-ring (bicyclic) bond motifs is 1. The Hall–Kier alpha value is -3.44. The first-order chi connectivity index (χ1) is 13.1. The van der Waals surface area contributed by atoms with E-state index in [0.717, 1.165) is 11.1 Å². The van der Waals surface area contributed by atoms with Crippen molar-refractivity contribution in [2.24, 2.45) is 0 Å². The zero-order chi connectivity index (χ0) is 18.8. The second-order valence-corrected chi connectivity index (χ2v) is 6.48. The summed E-state index contributed by atoms with van der Waals surface area (Å²) in [4.78, 5) is 11.2. The normalized spacial score (nSPS) is 18.3. The van der Waals surface area contributed by atoms with Gasteiger partial charge < -0.3 is 10.4 Å². The Morgan fingerprint density at radius 1 is 0.963 bits per heavy atom. The van der Waals surface area contributed by atoms with Crippen LogP contribution in [0.4, 0.5) is 11.4 Å². The quantitative estimate of drug-likeness (QED) is 0.392. The minimum atomic E-state index is -0.771. The Kier molecular flexibility index (Phi) is 4.44. The molecule has 0 aromatic heterocycles. The van der Waals surface area contributed by atoms with Gasteiger partial charge in [0.1, 0.15) is 6.10 Å². The summed E-state index contributed by atoms with van der Waals surface area (Å²) in [6, 6.07) is 22.1. The summed E-state index contributed by atoms with van der Waals surface area (Å²) in [5.74, 6) is 0. The van der Waals surface area contributed by atoms with Crippen LogP contribution in [-0.2, 0) is 0 Å². The number of aliphatic hydroxyl groups is 1. The van der Waals surface area contributed by atoms with Gasteiger partial charge in [0.2, 0.25) is 0 Å². The fraction of sp³-hybridized carbons (Fsp3) is 0.0909. The van der Waals surface area contributed by atoms with Crippen molar-refractivity contribution in [2.45, 2.75) is 12.1 Å². The molecule has 0 saturated carbocycles. The molecule has 3 aromatic rings.